The van der Waals surface area contributed by atoms with Crippen molar-refractivity contribution in [1.82, 2.24) is 15.0 Å². The van der Waals surface area contributed by atoms with Gasteiger partial charge in [-0.05, 0) is 42.8 Å². The van der Waals surface area contributed by atoms with Crippen LogP contribution in [0.15, 0.2) is 6.20 Å². The number of rotatable bonds is 0. The summed E-state index contributed by atoms with van der Waals surface area (Å²) in [7, 11) is 0. The predicted molar refractivity (Wildman–Crippen MR) is 60.2 cm³/mol. The van der Waals surface area contributed by atoms with Gasteiger partial charge in [-0.25, -0.2) is 4.98 Å². The molecule has 0 atom stereocenters. The molecule has 1 aliphatic carbocycles. The Kier molecular flexibility index (Phi) is 2.13. The topological polar surface area (TPSA) is 41.6 Å². The van der Waals surface area contributed by atoms with Crippen LogP contribution in [0.1, 0.15) is 30.5 Å². The largest absolute Gasteiger partial charge is 0.343 e. The van der Waals surface area contributed by atoms with Gasteiger partial charge in [-0.15, -0.1) is 0 Å². The molecular formula is C11H12ClN3. The molecule has 78 valence electrons. The summed E-state index contributed by atoms with van der Waals surface area (Å²) in [5.41, 5.74) is 3.63. The quantitative estimate of drug-likeness (QED) is 0.549. The van der Waals surface area contributed by atoms with E-state index in [2.05, 4.69) is 15.0 Å². The number of aryl methyl sites for hydroxylation is 2. The molecule has 15 heavy (non-hydrogen) atoms. The van der Waals surface area contributed by atoms with Crippen molar-refractivity contribution in [3.05, 3.63) is 22.7 Å². The maximum absolute atomic E-state index is 5.77. The first-order valence-electron chi connectivity index (χ1n) is 5.36. The smallest absolute Gasteiger partial charge is 0.224 e. The van der Waals surface area contributed by atoms with E-state index in [4.69, 9.17) is 11.6 Å². The molecule has 0 aromatic carbocycles. The van der Waals surface area contributed by atoms with Crippen LogP contribution in [-0.4, -0.2) is 15.0 Å². The van der Waals surface area contributed by atoms with Crippen LogP contribution in [0.2, 0.25) is 5.28 Å². The molecule has 0 unspecified atom stereocenters. The fourth-order valence-corrected chi connectivity index (χ4v) is 2.47. The lowest BCUT2D eigenvalue weighted by atomic mass is 10.1. The van der Waals surface area contributed by atoms with Gasteiger partial charge in [0, 0.05) is 17.3 Å². The third kappa shape index (κ3) is 1.51. The summed E-state index contributed by atoms with van der Waals surface area (Å²) in [6.45, 7) is 0. The standard InChI is InChI=1S/C11H12ClN3/c12-11-13-6-8-7-4-2-1-3-5-9(7)14-10(8)15-11/h6H,1-5H2,(H,13,14,15). The molecule has 0 saturated heterocycles. The second kappa shape index (κ2) is 3.49. The van der Waals surface area contributed by atoms with Crippen LogP contribution in [0.4, 0.5) is 0 Å². The van der Waals surface area contributed by atoms with Gasteiger partial charge in [0.2, 0.25) is 5.28 Å². The summed E-state index contributed by atoms with van der Waals surface area (Å²) in [5, 5.41) is 1.47. The van der Waals surface area contributed by atoms with E-state index < -0.39 is 0 Å². The number of aromatic nitrogens is 3. The van der Waals surface area contributed by atoms with Crippen molar-refractivity contribution in [1.29, 1.82) is 0 Å². The third-order valence-electron chi connectivity index (χ3n) is 3.07. The Morgan fingerprint density at radius 1 is 1.20 bits per heavy atom. The van der Waals surface area contributed by atoms with Crippen molar-refractivity contribution in [2.24, 2.45) is 0 Å². The van der Waals surface area contributed by atoms with Gasteiger partial charge in [0.05, 0.1) is 0 Å². The molecule has 1 aliphatic rings. The summed E-state index contributed by atoms with van der Waals surface area (Å²) in [6.07, 6.45) is 7.96. The van der Waals surface area contributed by atoms with Crippen molar-refractivity contribution in [3.8, 4) is 0 Å². The molecular weight excluding hydrogens is 210 g/mol. The number of H-pyrrole nitrogens is 1. The summed E-state index contributed by atoms with van der Waals surface area (Å²) in [5.74, 6) is 0. The maximum Gasteiger partial charge on any atom is 0.224 e. The van der Waals surface area contributed by atoms with Gasteiger partial charge in [-0.1, -0.05) is 6.42 Å². The molecule has 0 spiro atoms. The van der Waals surface area contributed by atoms with E-state index in [-0.39, 0.29) is 0 Å². The highest BCUT2D eigenvalue weighted by Crippen LogP contribution is 2.27. The van der Waals surface area contributed by atoms with Crippen molar-refractivity contribution >= 4 is 22.6 Å². The second-order valence-corrected chi connectivity index (χ2v) is 4.38. The molecule has 2 heterocycles. The Morgan fingerprint density at radius 2 is 2.07 bits per heavy atom. The maximum atomic E-state index is 5.77. The SMILES string of the molecule is Clc1ncc2c3c([nH]c2n1)CCCCC3. The number of hydrogen-bond donors (Lipinski definition) is 1. The van der Waals surface area contributed by atoms with Crippen LogP contribution >= 0.6 is 11.6 Å². The molecule has 0 amide bonds. The molecule has 3 rings (SSSR count). The van der Waals surface area contributed by atoms with Crippen LogP contribution < -0.4 is 0 Å². The molecule has 4 heteroatoms. The Hall–Kier alpha value is -1.09. The first-order chi connectivity index (χ1) is 7.34. The van der Waals surface area contributed by atoms with Crippen LogP contribution in [0.5, 0.6) is 0 Å². The molecule has 0 fully saturated rings. The van der Waals surface area contributed by atoms with E-state index in [0.29, 0.717) is 5.28 Å². The number of aromatic amines is 1. The third-order valence-corrected chi connectivity index (χ3v) is 3.25. The average Bonchev–Trinajstić information content (AvgIpc) is 2.42. The van der Waals surface area contributed by atoms with E-state index in [9.17, 15) is 0 Å². The van der Waals surface area contributed by atoms with Gasteiger partial charge >= 0.3 is 0 Å². The van der Waals surface area contributed by atoms with Crippen LogP contribution in [0, 0.1) is 0 Å². The number of fused-ring (bicyclic) bond motifs is 3. The van der Waals surface area contributed by atoms with Crippen LogP contribution in [-0.2, 0) is 12.8 Å². The Bertz CT molecular complexity index is 504. The van der Waals surface area contributed by atoms with Gasteiger partial charge in [-0.3, -0.25) is 0 Å². The number of nitrogens with one attached hydrogen (secondary N) is 1. The highest BCUT2D eigenvalue weighted by Gasteiger charge is 2.15. The van der Waals surface area contributed by atoms with Crippen molar-refractivity contribution in [2.45, 2.75) is 32.1 Å². The monoisotopic (exact) mass is 221 g/mol. The second-order valence-electron chi connectivity index (χ2n) is 4.04. The first-order valence-corrected chi connectivity index (χ1v) is 5.74. The predicted octanol–water partition coefficient (Wildman–Crippen LogP) is 2.88. The summed E-state index contributed by atoms with van der Waals surface area (Å²) >= 11 is 5.77. The van der Waals surface area contributed by atoms with Crippen molar-refractivity contribution < 1.29 is 0 Å². The zero-order valence-corrected chi connectivity index (χ0v) is 9.14. The highest BCUT2D eigenvalue weighted by atomic mass is 35.5. The summed E-state index contributed by atoms with van der Waals surface area (Å²) in [6, 6.07) is 0. The van der Waals surface area contributed by atoms with Gasteiger partial charge in [-0.2, -0.15) is 4.98 Å². The normalized spacial score (nSPS) is 16.3. The fraction of sp³-hybridized carbons (Fsp3) is 0.455. The molecule has 2 aromatic rings. The molecule has 0 saturated carbocycles. The van der Waals surface area contributed by atoms with Crippen molar-refractivity contribution in [2.75, 3.05) is 0 Å². The summed E-state index contributed by atoms with van der Waals surface area (Å²) < 4.78 is 0. The molecule has 0 radical (unpaired) electrons. The van der Waals surface area contributed by atoms with E-state index in [1.165, 1.54) is 30.5 Å². The average molecular weight is 222 g/mol. The number of hydrogen-bond acceptors (Lipinski definition) is 2. The zero-order chi connectivity index (χ0) is 10.3. The van der Waals surface area contributed by atoms with E-state index >= 15 is 0 Å². The minimum atomic E-state index is 0.318. The fourth-order valence-electron chi connectivity index (χ4n) is 2.34. The molecule has 2 aromatic heterocycles. The number of halogens is 1. The lowest BCUT2D eigenvalue weighted by Crippen LogP contribution is -1.86. The lowest BCUT2D eigenvalue weighted by Gasteiger charge is -1.96. The number of nitrogens with zero attached hydrogens (tertiary/aromatic N) is 2. The van der Waals surface area contributed by atoms with Crippen LogP contribution in [0.25, 0.3) is 11.0 Å². The van der Waals surface area contributed by atoms with E-state index in [1.807, 2.05) is 6.20 Å². The minimum absolute atomic E-state index is 0.318. The lowest BCUT2D eigenvalue weighted by molar-refractivity contribution is 0.708. The van der Waals surface area contributed by atoms with Gasteiger partial charge < -0.3 is 4.98 Å². The Morgan fingerprint density at radius 3 is 3.00 bits per heavy atom. The zero-order valence-electron chi connectivity index (χ0n) is 8.39. The molecule has 3 nitrogen and oxygen atoms in total. The van der Waals surface area contributed by atoms with E-state index in [1.54, 1.807) is 0 Å². The molecule has 0 aliphatic heterocycles. The summed E-state index contributed by atoms with van der Waals surface area (Å²) in [4.78, 5) is 11.6. The Balaban J connectivity index is 2.23. The van der Waals surface area contributed by atoms with Crippen molar-refractivity contribution in [3.63, 3.8) is 0 Å². The molecule has 0 bridgehead atoms. The Labute approximate surface area is 92.9 Å². The van der Waals surface area contributed by atoms with Crippen LogP contribution in [0.3, 0.4) is 0 Å². The highest BCUT2D eigenvalue weighted by molar-refractivity contribution is 6.28. The van der Waals surface area contributed by atoms with Gasteiger partial charge in [0.15, 0.2) is 0 Å². The van der Waals surface area contributed by atoms with E-state index in [0.717, 1.165) is 23.9 Å². The van der Waals surface area contributed by atoms with Gasteiger partial charge in [0.25, 0.3) is 0 Å². The van der Waals surface area contributed by atoms with Gasteiger partial charge in [0.1, 0.15) is 5.65 Å². The first kappa shape index (κ1) is 9.16. The minimum Gasteiger partial charge on any atom is -0.343 e. The molecule has 1 N–H and O–H groups in total.